The monoisotopic (exact) mass is 488 g/mol. The molecule has 6 nitrogen and oxygen atoms in total. The largest absolute Gasteiger partial charge is 0.458 e. The molecular weight excluding hydrogens is 444 g/mol. The minimum Gasteiger partial charge on any atom is -0.458 e. The Morgan fingerprint density at radius 1 is 1.00 bits per heavy atom. The lowest BCUT2D eigenvalue weighted by molar-refractivity contribution is -0.252. The minimum absolute atomic E-state index is 0.157. The van der Waals surface area contributed by atoms with Gasteiger partial charge in [-0.15, -0.1) is 0 Å². The molecular formula is C29H44O6. The van der Waals surface area contributed by atoms with Gasteiger partial charge in [0.25, 0.3) is 0 Å². The van der Waals surface area contributed by atoms with Crippen LogP contribution in [0.5, 0.6) is 0 Å². The fourth-order valence-corrected chi connectivity index (χ4v) is 9.75. The van der Waals surface area contributed by atoms with Crippen LogP contribution < -0.4 is 0 Å². The van der Waals surface area contributed by atoms with Gasteiger partial charge in [-0.2, -0.15) is 0 Å². The highest BCUT2D eigenvalue weighted by Crippen LogP contribution is 2.70. The molecule has 0 aromatic carbocycles. The second-order valence-electron chi connectivity index (χ2n) is 13.2. The summed E-state index contributed by atoms with van der Waals surface area (Å²) in [4.78, 5) is 11.8. The summed E-state index contributed by atoms with van der Waals surface area (Å²) in [5.74, 6) is 1.56. The van der Waals surface area contributed by atoms with E-state index in [-0.39, 0.29) is 47.3 Å². The second kappa shape index (κ2) is 8.54. The van der Waals surface area contributed by atoms with Gasteiger partial charge in [-0.3, -0.25) is 0 Å². The van der Waals surface area contributed by atoms with Crippen LogP contribution in [0.4, 0.5) is 0 Å². The molecule has 6 rings (SSSR count). The van der Waals surface area contributed by atoms with E-state index in [4.69, 9.17) is 14.2 Å². The van der Waals surface area contributed by atoms with E-state index >= 15 is 0 Å². The first-order valence-electron chi connectivity index (χ1n) is 14.2. The van der Waals surface area contributed by atoms with Crippen LogP contribution in [0.1, 0.15) is 91.4 Å². The van der Waals surface area contributed by atoms with Crippen LogP contribution in [0.25, 0.3) is 0 Å². The summed E-state index contributed by atoms with van der Waals surface area (Å²) in [6.45, 7) is 7.14. The molecule has 4 saturated carbocycles. The van der Waals surface area contributed by atoms with E-state index in [0.29, 0.717) is 24.4 Å². The summed E-state index contributed by atoms with van der Waals surface area (Å²) in [6.07, 6.45) is 12.3. The first-order valence-corrected chi connectivity index (χ1v) is 14.2. The summed E-state index contributed by atoms with van der Waals surface area (Å²) in [6, 6.07) is 0. The summed E-state index contributed by atoms with van der Waals surface area (Å²) in [5.41, 5.74) is 0.537. The lowest BCUT2D eigenvalue weighted by atomic mass is 9.43. The summed E-state index contributed by atoms with van der Waals surface area (Å²) >= 11 is 0. The van der Waals surface area contributed by atoms with Crippen LogP contribution >= 0.6 is 0 Å². The van der Waals surface area contributed by atoms with Crippen molar-refractivity contribution in [1.29, 1.82) is 0 Å². The first-order chi connectivity index (χ1) is 16.6. The third-order valence-corrected chi connectivity index (χ3v) is 11.9. The van der Waals surface area contributed by atoms with Gasteiger partial charge in [0.2, 0.25) is 0 Å². The number of hydrogen-bond donors (Lipinski definition) is 2. The number of fused-ring (bicyclic) bond motifs is 5. The van der Waals surface area contributed by atoms with Crippen molar-refractivity contribution in [2.45, 2.75) is 122 Å². The Labute approximate surface area is 209 Å². The molecule has 0 unspecified atom stereocenters. The lowest BCUT2D eigenvalue weighted by Gasteiger charge is -2.63. The second-order valence-corrected chi connectivity index (χ2v) is 13.2. The Bertz CT molecular complexity index is 886. The van der Waals surface area contributed by atoms with Crippen molar-refractivity contribution < 1.29 is 29.2 Å². The molecule has 2 aliphatic heterocycles. The Morgan fingerprint density at radius 3 is 2.57 bits per heavy atom. The molecule has 4 aliphatic carbocycles. The highest BCUT2D eigenvalue weighted by Gasteiger charge is 2.67. The first kappa shape index (κ1) is 24.4. The van der Waals surface area contributed by atoms with Gasteiger partial charge in [-0.05, 0) is 106 Å². The van der Waals surface area contributed by atoms with Crippen molar-refractivity contribution in [3.05, 3.63) is 11.6 Å². The third kappa shape index (κ3) is 3.68. The Hall–Kier alpha value is -0.950. The van der Waals surface area contributed by atoms with Gasteiger partial charge in [0.1, 0.15) is 6.61 Å². The molecule has 2 heterocycles. The quantitative estimate of drug-likeness (QED) is 0.449. The van der Waals surface area contributed by atoms with Crippen molar-refractivity contribution in [3.63, 3.8) is 0 Å². The maximum Gasteiger partial charge on any atom is 0.331 e. The lowest BCUT2D eigenvalue weighted by Crippen LogP contribution is -2.62. The number of ether oxygens (including phenoxy) is 3. The van der Waals surface area contributed by atoms with E-state index < -0.39 is 5.60 Å². The van der Waals surface area contributed by atoms with Gasteiger partial charge >= 0.3 is 5.97 Å². The number of hydrogen-bond acceptors (Lipinski definition) is 6. The summed E-state index contributed by atoms with van der Waals surface area (Å²) in [5, 5.41) is 22.3. The molecule has 0 aromatic rings. The van der Waals surface area contributed by atoms with Crippen LogP contribution in [0.2, 0.25) is 0 Å². The Balaban J connectivity index is 1.16. The van der Waals surface area contributed by atoms with Crippen LogP contribution in [0.15, 0.2) is 11.6 Å². The predicted octanol–water partition coefficient (Wildman–Crippen LogP) is 4.51. The number of aliphatic hydroxyl groups is 2. The van der Waals surface area contributed by atoms with Crippen molar-refractivity contribution in [2.24, 2.45) is 34.5 Å². The summed E-state index contributed by atoms with van der Waals surface area (Å²) < 4.78 is 17.6. The standard InChI is InChI=1S/C29H44O6/c1-17-24(30)6-7-26(34-17)35-20-8-11-27(2)19(15-20)4-5-23-22(27)9-12-28(3)21(10-13-29(23,28)32)18-14-25(31)33-16-18/h14,17,19-24,26,30,32H,4-13,15-16H2,1-3H3/t17-,19-,20+,21-,22+,23+,24+,26-,27+,28-,29+/m1/s1. The molecule has 0 spiro atoms. The number of carbonyl (C=O) groups is 1. The molecule has 0 radical (unpaired) electrons. The van der Waals surface area contributed by atoms with Crippen LogP contribution in [0.3, 0.4) is 0 Å². The topological polar surface area (TPSA) is 85.2 Å². The molecule has 2 N–H and O–H groups in total. The Morgan fingerprint density at radius 2 is 1.83 bits per heavy atom. The minimum atomic E-state index is -0.651. The van der Waals surface area contributed by atoms with Gasteiger partial charge < -0.3 is 24.4 Å². The van der Waals surface area contributed by atoms with Crippen molar-refractivity contribution in [1.82, 2.24) is 0 Å². The van der Waals surface area contributed by atoms with Gasteiger partial charge in [0, 0.05) is 17.9 Å². The number of carbonyl (C=O) groups excluding carboxylic acids is 1. The SMILES string of the molecule is C[C@H]1O[C@H](O[C@H]2CC[C@@]3(C)[C@H](CC[C@H]4[C@@H]3CC[C@]3(C)[C@@H](C5=CC(=O)OC5)CC[C@]43O)C2)CC[C@@H]1O. The van der Waals surface area contributed by atoms with Crippen molar-refractivity contribution in [3.8, 4) is 0 Å². The average molecular weight is 489 g/mol. The molecule has 196 valence electrons. The van der Waals surface area contributed by atoms with Gasteiger partial charge in [0.15, 0.2) is 6.29 Å². The molecule has 5 fully saturated rings. The van der Waals surface area contributed by atoms with Crippen LogP contribution in [0, 0.1) is 34.5 Å². The van der Waals surface area contributed by atoms with Gasteiger partial charge in [0.05, 0.1) is 23.9 Å². The molecule has 0 bridgehead atoms. The highest BCUT2D eigenvalue weighted by molar-refractivity contribution is 5.85. The smallest absolute Gasteiger partial charge is 0.331 e. The third-order valence-electron chi connectivity index (χ3n) is 11.9. The molecule has 0 amide bonds. The molecule has 35 heavy (non-hydrogen) atoms. The number of esters is 1. The van der Waals surface area contributed by atoms with Crippen LogP contribution in [-0.4, -0.2) is 53.0 Å². The van der Waals surface area contributed by atoms with E-state index in [1.165, 1.54) is 6.42 Å². The van der Waals surface area contributed by atoms with Crippen molar-refractivity contribution >= 4 is 5.97 Å². The van der Waals surface area contributed by atoms with Crippen molar-refractivity contribution in [2.75, 3.05) is 6.61 Å². The van der Waals surface area contributed by atoms with E-state index in [1.54, 1.807) is 6.08 Å². The van der Waals surface area contributed by atoms with E-state index in [9.17, 15) is 15.0 Å². The maximum absolute atomic E-state index is 12.4. The summed E-state index contributed by atoms with van der Waals surface area (Å²) in [7, 11) is 0. The van der Waals surface area contributed by atoms with Crippen LogP contribution in [-0.2, 0) is 19.0 Å². The zero-order chi connectivity index (χ0) is 24.6. The molecule has 6 aliphatic rings. The van der Waals surface area contributed by atoms with Gasteiger partial charge in [-0.25, -0.2) is 4.79 Å². The fourth-order valence-electron chi connectivity index (χ4n) is 9.75. The molecule has 0 aromatic heterocycles. The highest BCUT2D eigenvalue weighted by atomic mass is 16.7. The number of rotatable bonds is 3. The van der Waals surface area contributed by atoms with Gasteiger partial charge in [-0.1, -0.05) is 13.8 Å². The number of aliphatic hydroxyl groups excluding tert-OH is 1. The fraction of sp³-hybridized carbons (Fsp3) is 0.897. The van der Waals surface area contributed by atoms with E-state index in [1.807, 2.05) is 6.92 Å². The molecule has 6 heteroatoms. The van der Waals surface area contributed by atoms with E-state index in [2.05, 4.69) is 13.8 Å². The predicted molar refractivity (Wildman–Crippen MR) is 130 cm³/mol. The maximum atomic E-state index is 12.4. The number of cyclic esters (lactones) is 1. The molecule has 11 atom stereocenters. The van der Waals surface area contributed by atoms with E-state index in [0.717, 1.165) is 69.8 Å². The normalized spacial score (nSPS) is 53.9. The Kier molecular flexibility index (Phi) is 5.95. The average Bonchev–Trinajstić information content (AvgIpc) is 3.36. The molecule has 1 saturated heterocycles. The zero-order valence-corrected chi connectivity index (χ0v) is 21.7. The zero-order valence-electron chi connectivity index (χ0n) is 21.7.